The first kappa shape index (κ1) is 36.2. The summed E-state index contributed by atoms with van der Waals surface area (Å²) in [6.07, 6.45) is 0.119. The number of non-ortho nitro benzene ring substituents is 1. The Labute approximate surface area is 270 Å². The minimum absolute atomic E-state index is 0.0259. The van der Waals surface area contributed by atoms with Gasteiger partial charge in [0.25, 0.3) is 5.69 Å². The Hall–Kier alpha value is -3.23. The number of hydrogen-bond acceptors (Lipinski definition) is 10. The average molecular weight is 664 g/mol. The van der Waals surface area contributed by atoms with E-state index in [9.17, 15) is 29.3 Å². The molecule has 12 nitrogen and oxygen atoms in total. The Morgan fingerprint density at radius 1 is 1.16 bits per heavy atom. The standard InChI is InChI=1S/C31H45N3O9SSi/c1-19(2)27(29(37)41-6)33-24(26(28(33)36)23(31(3,4)5)18-43-45(7)8)15-25(35)44-22-13-14-32(16-22)30(38)42-17-20-9-11-21(12-10-20)34(39)40/h9-12,22-24,26,45H,13-18H2,1-8H3/t22-,23+,24+,26-/m0/s1. The first-order valence-corrected chi connectivity index (χ1v) is 18.8. The number of ether oxygens (including phenoxy) is 2. The van der Waals surface area contributed by atoms with Gasteiger partial charge in [-0.15, -0.1) is 0 Å². The largest absolute Gasteiger partial charge is 0.464 e. The number of nitrogens with zero attached hydrogens (tertiary/aromatic N) is 3. The van der Waals surface area contributed by atoms with Crippen molar-refractivity contribution in [1.29, 1.82) is 0 Å². The zero-order valence-corrected chi connectivity index (χ0v) is 29.3. The first-order chi connectivity index (χ1) is 21.0. The third-order valence-electron chi connectivity index (χ3n) is 8.10. The molecule has 2 heterocycles. The number of amides is 2. The van der Waals surface area contributed by atoms with E-state index in [4.69, 9.17) is 13.9 Å². The van der Waals surface area contributed by atoms with Gasteiger partial charge in [-0.2, -0.15) is 0 Å². The summed E-state index contributed by atoms with van der Waals surface area (Å²) in [5.74, 6) is -1.50. The maximum atomic E-state index is 13.8. The van der Waals surface area contributed by atoms with E-state index < -0.39 is 38.0 Å². The Bertz CT molecular complexity index is 1310. The number of carbonyl (C=O) groups is 4. The molecule has 45 heavy (non-hydrogen) atoms. The summed E-state index contributed by atoms with van der Waals surface area (Å²) < 4.78 is 16.5. The van der Waals surface area contributed by atoms with Crippen molar-refractivity contribution >= 4 is 49.6 Å². The molecule has 2 aliphatic heterocycles. The highest BCUT2D eigenvalue weighted by Crippen LogP contribution is 2.46. The van der Waals surface area contributed by atoms with Gasteiger partial charge in [0, 0.05) is 43.5 Å². The van der Waals surface area contributed by atoms with Gasteiger partial charge in [-0.1, -0.05) is 32.5 Å². The van der Waals surface area contributed by atoms with Crippen LogP contribution < -0.4 is 0 Å². The Morgan fingerprint density at radius 2 is 1.80 bits per heavy atom. The average Bonchev–Trinajstić information content (AvgIpc) is 3.43. The molecule has 2 aliphatic rings. The van der Waals surface area contributed by atoms with Gasteiger partial charge >= 0.3 is 12.1 Å². The maximum absolute atomic E-state index is 13.8. The fraction of sp³-hybridized carbons (Fsp3) is 0.613. The SMILES string of the molecule is COC(=O)C(=C(C)C)N1C(=O)[C@@H]([C@@H](CO[SiH](C)C)C(C)(C)C)[C@H]1CC(=O)S[C@H]1CCN(C(=O)OCc2ccc([N+](=O)[O-])cc2)C1. The van der Waals surface area contributed by atoms with Crippen molar-refractivity contribution < 1.29 is 38.0 Å². The number of allylic oxidation sites excluding steroid dienone is 1. The van der Waals surface area contributed by atoms with E-state index in [1.54, 1.807) is 18.7 Å². The van der Waals surface area contributed by atoms with Crippen LogP contribution in [-0.4, -0.2) is 84.9 Å². The lowest BCUT2D eigenvalue weighted by atomic mass is 9.65. The molecule has 0 aliphatic carbocycles. The van der Waals surface area contributed by atoms with E-state index in [2.05, 4.69) is 33.9 Å². The summed E-state index contributed by atoms with van der Waals surface area (Å²) in [5.41, 5.74) is 1.07. The summed E-state index contributed by atoms with van der Waals surface area (Å²) in [5, 5.41) is 10.6. The Balaban J connectivity index is 1.69. The van der Waals surface area contributed by atoms with Crippen LogP contribution in [-0.2, 0) is 34.9 Å². The van der Waals surface area contributed by atoms with Gasteiger partial charge in [-0.3, -0.25) is 19.7 Å². The van der Waals surface area contributed by atoms with Crippen LogP contribution in [0.1, 0.15) is 53.0 Å². The second kappa shape index (κ2) is 15.4. The molecular formula is C31H45N3O9SSi. The third-order valence-corrected chi connectivity index (χ3v) is 10.1. The van der Waals surface area contributed by atoms with Gasteiger partial charge in [0.2, 0.25) is 5.91 Å². The molecule has 248 valence electrons. The lowest BCUT2D eigenvalue weighted by Crippen LogP contribution is -2.66. The van der Waals surface area contributed by atoms with Gasteiger partial charge in [0.1, 0.15) is 12.3 Å². The summed E-state index contributed by atoms with van der Waals surface area (Å²) >= 11 is 1.15. The van der Waals surface area contributed by atoms with Crippen LogP contribution in [0, 0.1) is 27.4 Å². The highest BCUT2D eigenvalue weighted by atomic mass is 32.2. The second-order valence-corrected chi connectivity index (χ2v) is 16.8. The van der Waals surface area contributed by atoms with Crippen molar-refractivity contribution in [2.45, 2.75) is 78.5 Å². The minimum atomic E-state index is -1.38. The third kappa shape index (κ3) is 9.16. The number of β-lactam (4-membered cyclic amide) rings is 1. The highest BCUT2D eigenvalue weighted by molar-refractivity contribution is 8.14. The van der Waals surface area contributed by atoms with E-state index in [0.29, 0.717) is 37.3 Å². The summed E-state index contributed by atoms with van der Waals surface area (Å²) in [7, 11) is -0.112. The molecule has 3 rings (SSSR count). The van der Waals surface area contributed by atoms with Crippen molar-refractivity contribution in [3.05, 3.63) is 51.2 Å². The predicted octanol–water partition coefficient (Wildman–Crippen LogP) is 4.91. The molecule has 2 fully saturated rings. The number of carbonyl (C=O) groups excluding carboxylic acids is 4. The van der Waals surface area contributed by atoms with Crippen LogP contribution in [0.25, 0.3) is 0 Å². The molecule has 0 radical (unpaired) electrons. The molecule has 0 N–H and O–H groups in total. The lowest BCUT2D eigenvalue weighted by molar-refractivity contribution is -0.384. The number of benzene rings is 1. The highest BCUT2D eigenvalue weighted by Gasteiger charge is 2.56. The van der Waals surface area contributed by atoms with Crippen LogP contribution in [0.3, 0.4) is 0 Å². The zero-order chi connectivity index (χ0) is 33.6. The van der Waals surface area contributed by atoms with Crippen molar-refractivity contribution in [3.63, 3.8) is 0 Å². The van der Waals surface area contributed by atoms with Gasteiger partial charge in [0.15, 0.2) is 14.2 Å². The molecule has 4 atom stereocenters. The maximum Gasteiger partial charge on any atom is 0.410 e. The summed E-state index contributed by atoms with van der Waals surface area (Å²) in [4.78, 5) is 66.1. The Morgan fingerprint density at radius 3 is 2.33 bits per heavy atom. The van der Waals surface area contributed by atoms with Crippen LogP contribution in [0.4, 0.5) is 10.5 Å². The van der Waals surface area contributed by atoms with Crippen molar-refractivity contribution in [2.75, 3.05) is 26.8 Å². The first-order valence-electron chi connectivity index (χ1n) is 15.1. The van der Waals surface area contributed by atoms with E-state index in [-0.39, 0.29) is 52.0 Å². The molecule has 1 aromatic carbocycles. The predicted molar refractivity (Wildman–Crippen MR) is 173 cm³/mol. The zero-order valence-electron chi connectivity index (χ0n) is 27.4. The number of thioether (sulfide) groups is 1. The van der Waals surface area contributed by atoms with E-state index >= 15 is 0 Å². The number of methoxy groups -OCH3 is 1. The van der Waals surface area contributed by atoms with Crippen molar-refractivity contribution in [3.8, 4) is 0 Å². The molecule has 0 saturated carbocycles. The van der Waals surface area contributed by atoms with E-state index in [0.717, 1.165) is 11.8 Å². The molecule has 0 bridgehead atoms. The molecule has 1 aromatic rings. The van der Waals surface area contributed by atoms with Crippen LogP contribution >= 0.6 is 11.8 Å². The quantitative estimate of drug-likeness (QED) is 0.0755. The number of likely N-dealkylation sites (tertiary alicyclic amines) is 2. The minimum Gasteiger partial charge on any atom is -0.464 e. The molecule has 2 amide bonds. The molecule has 0 aromatic heterocycles. The smallest absolute Gasteiger partial charge is 0.410 e. The van der Waals surface area contributed by atoms with Crippen LogP contribution in [0.2, 0.25) is 13.1 Å². The summed E-state index contributed by atoms with van der Waals surface area (Å²) in [6.45, 7) is 14.9. The molecule has 0 unspecified atom stereocenters. The number of nitro benzene ring substituents is 1. The molecular weight excluding hydrogens is 619 g/mol. The van der Waals surface area contributed by atoms with Gasteiger partial charge < -0.3 is 23.7 Å². The number of rotatable bonds is 12. The molecule has 0 spiro atoms. The Kier molecular flexibility index (Phi) is 12.4. The normalized spacial score (nSPS) is 20.5. The van der Waals surface area contributed by atoms with Gasteiger partial charge in [0.05, 0.1) is 24.0 Å². The number of hydrogen-bond donors (Lipinski definition) is 0. The van der Waals surface area contributed by atoms with Crippen molar-refractivity contribution in [2.24, 2.45) is 17.3 Å². The second-order valence-electron chi connectivity index (χ2n) is 13.0. The number of nitro groups is 1. The van der Waals surface area contributed by atoms with Crippen LogP contribution in [0.15, 0.2) is 35.5 Å². The van der Waals surface area contributed by atoms with E-state index in [1.807, 2.05) is 0 Å². The van der Waals surface area contributed by atoms with Gasteiger partial charge in [-0.05, 0) is 68.0 Å². The van der Waals surface area contributed by atoms with E-state index in [1.165, 1.54) is 36.3 Å². The van der Waals surface area contributed by atoms with Gasteiger partial charge in [-0.25, -0.2) is 9.59 Å². The fourth-order valence-electron chi connectivity index (χ4n) is 5.68. The topological polar surface area (TPSA) is 146 Å². The molecule has 2 saturated heterocycles. The fourth-order valence-corrected chi connectivity index (χ4v) is 7.38. The summed E-state index contributed by atoms with van der Waals surface area (Å²) in [6, 6.07) is 5.25. The lowest BCUT2D eigenvalue weighted by Gasteiger charge is -2.53. The number of esters is 1. The van der Waals surface area contributed by atoms with Crippen molar-refractivity contribution in [1.82, 2.24) is 9.80 Å². The van der Waals surface area contributed by atoms with Crippen LogP contribution in [0.5, 0.6) is 0 Å². The molecule has 14 heteroatoms. The monoisotopic (exact) mass is 663 g/mol.